The van der Waals surface area contributed by atoms with Crippen LogP contribution in [-0.4, -0.2) is 22.1 Å². The molecule has 184 valence electrons. The first kappa shape index (κ1) is 23.7. The lowest BCUT2D eigenvalue weighted by atomic mass is 9.61. The lowest BCUT2D eigenvalue weighted by molar-refractivity contribution is -0.113. The molecule has 2 N–H and O–H groups in total. The number of Topliss-reactive ketones (excluding diaryl/α,β-unsaturated/α-hetero) is 1. The van der Waals surface area contributed by atoms with E-state index >= 15 is 0 Å². The van der Waals surface area contributed by atoms with Gasteiger partial charge in [0.25, 0.3) is 0 Å². The van der Waals surface area contributed by atoms with Crippen LogP contribution in [0.15, 0.2) is 89.5 Å². The molecule has 2 atom stereocenters. The first-order valence-corrected chi connectivity index (χ1v) is 13.0. The van der Waals surface area contributed by atoms with Gasteiger partial charge in [-0.25, -0.2) is 0 Å². The first-order valence-electron chi connectivity index (χ1n) is 13.0. The Balaban J connectivity index is 1.30. The number of benzene rings is 3. The van der Waals surface area contributed by atoms with Crippen molar-refractivity contribution in [2.24, 2.45) is 5.41 Å². The molecule has 3 heteroatoms. The summed E-state index contributed by atoms with van der Waals surface area (Å²) >= 11 is 0. The van der Waals surface area contributed by atoms with Gasteiger partial charge in [-0.15, -0.1) is 0 Å². The number of fused-ring (bicyclic) bond motifs is 4. The summed E-state index contributed by atoms with van der Waals surface area (Å²) < 4.78 is 0. The standard InChI is InChI=1S/C34H30O3/c1-22-28-12-7-13-31(35)33(28,2)21-25(32(22)36)20-24-16-14-23(15-17-24)18-19-34(37)29-10-5-3-8-26(29)27-9-4-6-11-30(27)34/h3-6,8-11,14-17,20,31,35,37H,7,12-13,21H2,1-2H3/b25-20+/t31-,33-/m0/s1. The maximum absolute atomic E-state index is 13.1. The molecule has 3 nitrogen and oxygen atoms in total. The van der Waals surface area contributed by atoms with Gasteiger partial charge in [-0.1, -0.05) is 85.0 Å². The SMILES string of the molecule is CC1=C2CCC[C@H](O)[C@@]2(C)C/C(=C\c2ccc(C#CC3(O)c4ccccc4-c4ccccc43)cc2)C1=O. The van der Waals surface area contributed by atoms with Crippen molar-refractivity contribution in [3.8, 4) is 23.0 Å². The van der Waals surface area contributed by atoms with Crippen LogP contribution in [0.25, 0.3) is 17.2 Å². The van der Waals surface area contributed by atoms with Gasteiger partial charge in [0.15, 0.2) is 11.4 Å². The van der Waals surface area contributed by atoms with Crippen LogP contribution < -0.4 is 0 Å². The van der Waals surface area contributed by atoms with Crippen molar-refractivity contribution >= 4 is 11.9 Å². The summed E-state index contributed by atoms with van der Waals surface area (Å²) in [6.45, 7) is 4.00. The minimum atomic E-state index is -1.36. The topological polar surface area (TPSA) is 57.5 Å². The number of hydrogen-bond donors (Lipinski definition) is 2. The largest absolute Gasteiger partial charge is 0.392 e. The third kappa shape index (κ3) is 3.72. The van der Waals surface area contributed by atoms with Crippen LogP contribution in [0.1, 0.15) is 61.8 Å². The van der Waals surface area contributed by atoms with E-state index in [0.29, 0.717) is 6.42 Å². The second-order valence-electron chi connectivity index (χ2n) is 10.8. The van der Waals surface area contributed by atoms with Crippen molar-refractivity contribution in [1.82, 2.24) is 0 Å². The van der Waals surface area contributed by atoms with Gasteiger partial charge < -0.3 is 10.2 Å². The number of hydrogen-bond acceptors (Lipinski definition) is 3. The molecule has 3 aromatic carbocycles. The van der Waals surface area contributed by atoms with E-state index in [2.05, 4.69) is 18.8 Å². The van der Waals surface area contributed by atoms with Gasteiger partial charge in [-0.3, -0.25) is 4.79 Å². The Morgan fingerprint density at radius 2 is 1.57 bits per heavy atom. The lowest BCUT2D eigenvalue weighted by Crippen LogP contribution is -2.42. The maximum Gasteiger partial charge on any atom is 0.184 e. The van der Waals surface area contributed by atoms with E-state index < -0.39 is 11.7 Å². The Hall–Kier alpha value is -3.71. The summed E-state index contributed by atoms with van der Waals surface area (Å²) in [7, 11) is 0. The van der Waals surface area contributed by atoms with Gasteiger partial charge in [0, 0.05) is 27.7 Å². The predicted molar refractivity (Wildman–Crippen MR) is 146 cm³/mol. The molecule has 0 amide bonds. The molecule has 0 aromatic heterocycles. The van der Waals surface area contributed by atoms with Gasteiger partial charge in [0.1, 0.15) is 0 Å². The number of allylic oxidation sites excluding steroid dienone is 2. The second kappa shape index (κ2) is 8.70. The van der Waals surface area contributed by atoms with Crippen molar-refractivity contribution in [2.75, 3.05) is 0 Å². The van der Waals surface area contributed by atoms with Gasteiger partial charge in [0.2, 0.25) is 0 Å². The van der Waals surface area contributed by atoms with Crippen molar-refractivity contribution in [3.05, 3.63) is 112 Å². The maximum atomic E-state index is 13.1. The Kier molecular flexibility index (Phi) is 5.57. The van der Waals surface area contributed by atoms with Gasteiger partial charge >= 0.3 is 0 Å². The Labute approximate surface area is 218 Å². The molecule has 0 heterocycles. The quantitative estimate of drug-likeness (QED) is 0.319. The van der Waals surface area contributed by atoms with E-state index in [-0.39, 0.29) is 11.2 Å². The van der Waals surface area contributed by atoms with Crippen molar-refractivity contribution in [3.63, 3.8) is 0 Å². The molecule has 3 aliphatic carbocycles. The normalized spacial score (nSPS) is 24.7. The van der Waals surface area contributed by atoms with Crippen molar-refractivity contribution in [2.45, 2.75) is 51.2 Å². The zero-order valence-electron chi connectivity index (χ0n) is 21.2. The molecule has 0 saturated heterocycles. The van der Waals surface area contributed by atoms with E-state index in [1.54, 1.807) is 0 Å². The summed E-state index contributed by atoms with van der Waals surface area (Å²) in [5.41, 5.74) is 6.31. The highest BCUT2D eigenvalue weighted by atomic mass is 16.3. The van der Waals surface area contributed by atoms with Crippen LogP contribution in [0.2, 0.25) is 0 Å². The molecule has 37 heavy (non-hydrogen) atoms. The highest BCUT2D eigenvalue weighted by molar-refractivity contribution is 6.12. The van der Waals surface area contributed by atoms with Gasteiger partial charge in [-0.05, 0) is 73.1 Å². The van der Waals surface area contributed by atoms with Crippen LogP contribution in [0.4, 0.5) is 0 Å². The molecular weight excluding hydrogens is 456 g/mol. The number of carbonyl (C=O) groups excluding carboxylic acids is 1. The van der Waals surface area contributed by atoms with Crippen molar-refractivity contribution in [1.29, 1.82) is 0 Å². The summed E-state index contributed by atoms with van der Waals surface area (Å²) in [6, 6.07) is 23.5. The smallest absolute Gasteiger partial charge is 0.184 e. The third-order valence-corrected chi connectivity index (χ3v) is 8.53. The minimum absolute atomic E-state index is 0.0891. The average Bonchev–Trinajstić information content (AvgIpc) is 3.17. The summed E-state index contributed by atoms with van der Waals surface area (Å²) in [6.07, 6.45) is 4.70. The van der Waals surface area contributed by atoms with E-state index in [9.17, 15) is 15.0 Å². The summed E-state index contributed by atoms with van der Waals surface area (Å²) in [5, 5.41) is 22.4. The number of rotatable bonds is 1. The van der Waals surface area contributed by atoms with E-state index in [0.717, 1.165) is 69.4 Å². The van der Waals surface area contributed by atoms with E-state index in [4.69, 9.17) is 0 Å². The molecular formula is C34H30O3. The monoisotopic (exact) mass is 486 g/mol. The first-order chi connectivity index (χ1) is 17.8. The Morgan fingerprint density at radius 1 is 0.946 bits per heavy atom. The fraction of sp³-hybridized carbons (Fsp3) is 0.265. The molecule has 0 spiro atoms. The molecule has 3 aliphatic rings. The number of aliphatic hydroxyl groups is 2. The highest BCUT2D eigenvalue weighted by Crippen LogP contribution is 2.50. The zero-order chi connectivity index (χ0) is 25.8. The fourth-order valence-corrected chi connectivity index (χ4v) is 6.46. The van der Waals surface area contributed by atoms with E-state index in [1.807, 2.05) is 85.8 Å². The second-order valence-corrected chi connectivity index (χ2v) is 10.8. The molecule has 3 aromatic rings. The fourth-order valence-electron chi connectivity index (χ4n) is 6.46. The third-order valence-electron chi connectivity index (χ3n) is 8.53. The van der Waals surface area contributed by atoms with E-state index in [1.165, 1.54) is 0 Å². The number of ketones is 1. The number of carbonyl (C=O) groups is 1. The molecule has 1 saturated carbocycles. The summed E-state index contributed by atoms with van der Waals surface area (Å²) in [5.74, 6) is 6.41. The van der Waals surface area contributed by atoms with Crippen LogP contribution in [0.3, 0.4) is 0 Å². The lowest BCUT2D eigenvalue weighted by Gasteiger charge is -2.45. The van der Waals surface area contributed by atoms with Crippen molar-refractivity contribution < 1.29 is 15.0 Å². The zero-order valence-corrected chi connectivity index (χ0v) is 21.2. The van der Waals surface area contributed by atoms with Crippen LogP contribution in [0.5, 0.6) is 0 Å². The molecule has 0 unspecified atom stereocenters. The Morgan fingerprint density at radius 3 is 2.22 bits per heavy atom. The van der Waals surface area contributed by atoms with Crippen LogP contribution >= 0.6 is 0 Å². The van der Waals surface area contributed by atoms with Crippen LogP contribution in [-0.2, 0) is 10.4 Å². The minimum Gasteiger partial charge on any atom is -0.392 e. The highest BCUT2D eigenvalue weighted by Gasteiger charge is 2.45. The molecule has 0 bridgehead atoms. The Bertz CT molecular complexity index is 1500. The van der Waals surface area contributed by atoms with Gasteiger partial charge in [-0.2, -0.15) is 0 Å². The van der Waals surface area contributed by atoms with Crippen LogP contribution in [0, 0.1) is 17.3 Å². The summed E-state index contributed by atoms with van der Waals surface area (Å²) in [4.78, 5) is 13.1. The molecule has 0 radical (unpaired) electrons. The molecule has 6 rings (SSSR count). The average molecular weight is 487 g/mol. The predicted octanol–water partition coefficient (Wildman–Crippen LogP) is 6.18. The van der Waals surface area contributed by atoms with Gasteiger partial charge in [0.05, 0.1) is 6.10 Å². The number of aliphatic hydroxyl groups excluding tert-OH is 1. The molecule has 1 fully saturated rings. The molecule has 0 aliphatic heterocycles.